The molecule has 0 saturated heterocycles. The normalized spacial score (nSPS) is 20.8. The van der Waals surface area contributed by atoms with Crippen LogP contribution in [0.2, 0.25) is 0 Å². The fraction of sp³-hybridized carbons (Fsp3) is 0.562. The highest BCUT2D eigenvalue weighted by atomic mass is 19.3. The minimum atomic E-state index is -2.89. The summed E-state index contributed by atoms with van der Waals surface area (Å²) in [6, 6.07) is 3.21. The third kappa shape index (κ3) is 5.04. The van der Waals surface area contributed by atoms with Gasteiger partial charge >= 0.3 is 6.09 Å². The Bertz CT molecular complexity index is 566. The third-order valence-corrected chi connectivity index (χ3v) is 3.32. The maximum atomic E-state index is 13.2. The summed E-state index contributed by atoms with van der Waals surface area (Å²) in [5.41, 5.74) is -1.24. The summed E-state index contributed by atoms with van der Waals surface area (Å²) in [6.45, 7) is 5.32. The highest BCUT2D eigenvalue weighted by Crippen LogP contribution is 2.30. The number of hydrogen-bond donors (Lipinski definition) is 1. The number of alkyl halides is 2. The molecule has 7 heteroatoms. The van der Waals surface area contributed by atoms with Gasteiger partial charge in [-0.2, -0.15) is 0 Å². The molecular formula is C16H20F3NO3. The predicted octanol–water partition coefficient (Wildman–Crippen LogP) is 4.20. The lowest BCUT2D eigenvalue weighted by Gasteiger charge is -2.36. The average molecular weight is 331 g/mol. The van der Waals surface area contributed by atoms with Crippen molar-refractivity contribution in [3.8, 4) is 5.75 Å². The first-order chi connectivity index (χ1) is 10.6. The Kier molecular flexibility index (Phi) is 5.06. The van der Waals surface area contributed by atoms with Gasteiger partial charge in [-0.15, -0.1) is 0 Å². The standard InChI is InChI=1S/C16H20F3NO3/c1-16(2,3)23-15(21)20-9-6-11(7-9)22-10-4-5-13(17)12(8-10)14(18)19/h4-5,8-9,11,14H,6-7H2,1-3H3,(H,20,21). The van der Waals surface area contributed by atoms with Crippen LogP contribution in [0, 0.1) is 5.82 Å². The Morgan fingerprint density at radius 3 is 2.52 bits per heavy atom. The van der Waals surface area contributed by atoms with Gasteiger partial charge in [0.25, 0.3) is 6.43 Å². The lowest BCUT2D eigenvalue weighted by molar-refractivity contribution is 0.0361. The third-order valence-electron chi connectivity index (χ3n) is 3.32. The molecule has 1 aromatic carbocycles. The maximum absolute atomic E-state index is 13.2. The second-order valence-electron chi connectivity index (χ2n) is 6.54. The fourth-order valence-corrected chi connectivity index (χ4v) is 2.21. The Morgan fingerprint density at radius 1 is 1.30 bits per heavy atom. The van der Waals surface area contributed by atoms with Crippen molar-refractivity contribution in [1.82, 2.24) is 5.32 Å². The van der Waals surface area contributed by atoms with Crippen LogP contribution in [0.5, 0.6) is 5.75 Å². The van der Waals surface area contributed by atoms with Crippen molar-refractivity contribution in [2.24, 2.45) is 0 Å². The van der Waals surface area contributed by atoms with E-state index in [1.807, 2.05) is 0 Å². The number of carbonyl (C=O) groups excluding carboxylic acids is 1. The van der Waals surface area contributed by atoms with E-state index in [0.29, 0.717) is 12.8 Å². The van der Waals surface area contributed by atoms with Crippen molar-refractivity contribution >= 4 is 6.09 Å². The molecule has 1 aromatic rings. The van der Waals surface area contributed by atoms with Crippen molar-refractivity contribution in [2.45, 2.75) is 57.8 Å². The number of amides is 1. The monoisotopic (exact) mass is 331 g/mol. The minimum Gasteiger partial charge on any atom is -0.490 e. The van der Waals surface area contributed by atoms with Crippen LogP contribution in [0.25, 0.3) is 0 Å². The van der Waals surface area contributed by atoms with Crippen LogP contribution in [-0.4, -0.2) is 23.8 Å². The van der Waals surface area contributed by atoms with E-state index in [4.69, 9.17) is 9.47 Å². The first kappa shape index (κ1) is 17.4. The predicted molar refractivity (Wildman–Crippen MR) is 78.2 cm³/mol. The van der Waals surface area contributed by atoms with Crippen LogP contribution in [0.4, 0.5) is 18.0 Å². The quantitative estimate of drug-likeness (QED) is 0.899. The first-order valence-electron chi connectivity index (χ1n) is 7.38. The Hall–Kier alpha value is -1.92. The molecule has 0 spiro atoms. The summed E-state index contributed by atoms with van der Waals surface area (Å²) in [6.07, 6.45) is -2.50. The van der Waals surface area contributed by atoms with E-state index in [2.05, 4.69) is 5.32 Å². The summed E-state index contributed by atoms with van der Waals surface area (Å²) in [5.74, 6) is -0.757. The van der Waals surface area contributed by atoms with Gasteiger partial charge in [-0.05, 0) is 39.0 Å². The Balaban J connectivity index is 1.80. The molecule has 4 nitrogen and oxygen atoms in total. The van der Waals surface area contributed by atoms with Crippen LogP contribution >= 0.6 is 0 Å². The van der Waals surface area contributed by atoms with Gasteiger partial charge in [0, 0.05) is 18.9 Å². The number of benzene rings is 1. The van der Waals surface area contributed by atoms with Crippen LogP contribution in [0.3, 0.4) is 0 Å². The molecule has 0 aromatic heterocycles. The van der Waals surface area contributed by atoms with Crippen LogP contribution in [0.1, 0.15) is 45.6 Å². The van der Waals surface area contributed by atoms with Crippen LogP contribution < -0.4 is 10.1 Å². The fourth-order valence-electron chi connectivity index (χ4n) is 2.21. The maximum Gasteiger partial charge on any atom is 0.407 e. The topological polar surface area (TPSA) is 47.6 Å². The number of hydrogen-bond acceptors (Lipinski definition) is 3. The summed E-state index contributed by atoms with van der Waals surface area (Å²) in [5, 5.41) is 2.71. The van der Waals surface area contributed by atoms with Gasteiger partial charge in [0.1, 0.15) is 23.3 Å². The van der Waals surface area contributed by atoms with Crippen LogP contribution in [0.15, 0.2) is 18.2 Å². The number of nitrogens with one attached hydrogen (secondary N) is 1. The number of carbonyl (C=O) groups is 1. The van der Waals surface area contributed by atoms with Gasteiger partial charge < -0.3 is 14.8 Å². The van der Waals surface area contributed by atoms with E-state index in [9.17, 15) is 18.0 Å². The SMILES string of the molecule is CC(C)(C)OC(=O)NC1CC(Oc2ccc(F)c(C(F)F)c2)C1. The van der Waals surface area contributed by atoms with Crippen molar-refractivity contribution in [3.05, 3.63) is 29.6 Å². The molecule has 1 saturated carbocycles. The molecule has 0 atom stereocenters. The molecule has 1 amide bonds. The second-order valence-corrected chi connectivity index (χ2v) is 6.54. The largest absolute Gasteiger partial charge is 0.490 e. The van der Waals surface area contributed by atoms with Crippen molar-refractivity contribution in [2.75, 3.05) is 0 Å². The average Bonchev–Trinajstić information content (AvgIpc) is 2.35. The zero-order valence-electron chi connectivity index (χ0n) is 13.2. The van der Waals surface area contributed by atoms with Crippen molar-refractivity contribution < 1.29 is 27.4 Å². The van der Waals surface area contributed by atoms with Crippen LogP contribution in [-0.2, 0) is 4.74 Å². The van der Waals surface area contributed by atoms with Gasteiger partial charge in [0.05, 0.1) is 5.56 Å². The van der Waals surface area contributed by atoms with E-state index in [0.717, 1.165) is 12.1 Å². The van der Waals surface area contributed by atoms with Gasteiger partial charge in [-0.1, -0.05) is 0 Å². The molecule has 1 aliphatic rings. The Morgan fingerprint density at radius 2 is 1.96 bits per heavy atom. The lowest BCUT2D eigenvalue weighted by Crippen LogP contribution is -2.50. The number of alkyl carbamates (subject to hydrolysis) is 1. The molecule has 1 aliphatic carbocycles. The zero-order valence-corrected chi connectivity index (χ0v) is 13.2. The highest BCUT2D eigenvalue weighted by Gasteiger charge is 2.33. The second kappa shape index (κ2) is 6.68. The van der Waals surface area contributed by atoms with Gasteiger partial charge in [0.2, 0.25) is 0 Å². The summed E-state index contributed by atoms with van der Waals surface area (Å²) in [7, 11) is 0. The molecule has 0 bridgehead atoms. The molecule has 128 valence electrons. The summed E-state index contributed by atoms with van der Waals surface area (Å²) >= 11 is 0. The van der Waals surface area contributed by atoms with E-state index in [1.165, 1.54) is 6.07 Å². The Labute approximate surface area is 133 Å². The van der Waals surface area contributed by atoms with E-state index < -0.39 is 29.5 Å². The molecule has 0 radical (unpaired) electrons. The van der Waals surface area contributed by atoms with E-state index in [-0.39, 0.29) is 17.9 Å². The summed E-state index contributed by atoms with van der Waals surface area (Å²) in [4.78, 5) is 11.6. The molecule has 0 heterocycles. The van der Waals surface area contributed by atoms with Crippen molar-refractivity contribution in [3.63, 3.8) is 0 Å². The molecule has 1 fully saturated rings. The van der Waals surface area contributed by atoms with E-state index in [1.54, 1.807) is 20.8 Å². The minimum absolute atomic E-state index is 0.0788. The molecule has 23 heavy (non-hydrogen) atoms. The number of halogens is 3. The van der Waals surface area contributed by atoms with Gasteiger partial charge in [-0.25, -0.2) is 18.0 Å². The first-order valence-corrected chi connectivity index (χ1v) is 7.38. The van der Waals surface area contributed by atoms with Gasteiger partial charge in [-0.3, -0.25) is 0 Å². The number of rotatable bonds is 4. The smallest absolute Gasteiger partial charge is 0.407 e. The number of ether oxygens (including phenoxy) is 2. The molecule has 0 aliphatic heterocycles. The molecular weight excluding hydrogens is 311 g/mol. The highest BCUT2D eigenvalue weighted by molar-refractivity contribution is 5.68. The van der Waals surface area contributed by atoms with Crippen molar-refractivity contribution in [1.29, 1.82) is 0 Å². The summed E-state index contributed by atoms with van der Waals surface area (Å²) < 4.78 is 49.1. The molecule has 2 rings (SSSR count). The van der Waals surface area contributed by atoms with E-state index >= 15 is 0 Å². The zero-order chi connectivity index (χ0) is 17.2. The molecule has 1 N–H and O–H groups in total. The molecule has 0 unspecified atom stereocenters. The lowest BCUT2D eigenvalue weighted by atomic mass is 9.89. The van der Waals surface area contributed by atoms with Gasteiger partial charge in [0.15, 0.2) is 0 Å².